The summed E-state index contributed by atoms with van der Waals surface area (Å²) in [6.45, 7) is 4.57. The third-order valence-corrected chi connectivity index (χ3v) is 6.57. The molecule has 25 heavy (non-hydrogen) atoms. The standard InChI is InChI=1S/C22H34N2O/c1-6-7-12-22(24(3)4)13-10-17(11-14-22)21-16(2)19-15-18(25-5)8-9-20(19)23-21/h8-9,15,17,23H,6-7,10-14H2,1-5H3. The van der Waals surface area contributed by atoms with Gasteiger partial charge in [-0.1, -0.05) is 19.8 Å². The van der Waals surface area contributed by atoms with Crippen molar-refractivity contribution in [1.82, 2.24) is 9.88 Å². The van der Waals surface area contributed by atoms with Gasteiger partial charge in [0.05, 0.1) is 7.11 Å². The molecule has 1 aromatic carbocycles. The molecule has 138 valence electrons. The van der Waals surface area contributed by atoms with Crippen LogP contribution in [-0.4, -0.2) is 36.6 Å². The first-order chi connectivity index (χ1) is 12.0. The molecule has 1 fully saturated rings. The summed E-state index contributed by atoms with van der Waals surface area (Å²) in [5.74, 6) is 1.60. The van der Waals surface area contributed by atoms with E-state index < -0.39 is 0 Å². The van der Waals surface area contributed by atoms with E-state index in [1.807, 2.05) is 6.07 Å². The molecule has 0 amide bonds. The van der Waals surface area contributed by atoms with Gasteiger partial charge in [0.25, 0.3) is 0 Å². The first kappa shape index (κ1) is 18.3. The quantitative estimate of drug-likeness (QED) is 0.736. The monoisotopic (exact) mass is 342 g/mol. The number of hydrogen-bond acceptors (Lipinski definition) is 2. The predicted molar refractivity (Wildman–Crippen MR) is 107 cm³/mol. The smallest absolute Gasteiger partial charge is 0.119 e. The van der Waals surface area contributed by atoms with Gasteiger partial charge < -0.3 is 14.6 Å². The largest absolute Gasteiger partial charge is 0.497 e. The van der Waals surface area contributed by atoms with Gasteiger partial charge in [0.2, 0.25) is 0 Å². The summed E-state index contributed by atoms with van der Waals surface area (Å²) in [6, 6.07) is 6.36. The van der Waals surface area contributed by atoms with Gasteiger partial charge in [-0.2, -0.15) is 0 Å². The van der Waals surface area contributed by atoms with E-state index in [0.717, 1.165) is 5.75 Å². The molecule has 0 spiro atoms. The van der Waals surface area contributed by atoms with Crippen molar-refractivity contribution in [3.8, 4) is 5.75 Å². The maximum absolute atomic E-state index is 5.40. The van der Waals surface area contributed by atoms with Crippen LogP contribution in [0.3, 0.4) is 0 Å². The Bertz CT molecular complexity index is 708. The summed E-state index contributed by atoms with van der Waals surface area (Å²) in [7, 11) is 6.29. The Balaban J connectivity index is 1.80. The van der Waals surface area contributed by atoms with E-state index in [9.17, 15) is 0 Å². The van der Waals surface area contributed by atoms with Crippen LogP contribution in [0.25, 0.3) is 10.9 Å². The van der Waals surface area contributed by atoms with Crippen molar-refractivity contribution in [3.05, 3.63) is 29.5 Å². The molecule has 0 radical (unpaired) electrons. The number of rotatable bonds is 6. The van der Waals surface area contributed by atoms with Crippen molar-refractivity contribution >= 4 is 10.9 Å². The van der Waals surface area contributed by atoms with Crippen LogP contribution in [0.5, 0.6) is 5.75 Å². The zero-order valence-electron chi connectivity index (χ0n) is 16.6. The molecule has 0 bridgehead atoms. The van der Waals surface area contributed by atoms with Gasteiger partial charge in [0, 0.05) is 22.1 Å². The van der Waals surface area contributed by atoms with E-state index in [2.05, 4.69) is 50.0 Å². The van der Waals surface area contributed by atoms with Gasteiger partial charge in [-0.15, -0.1) is 0 Å². The predicted octanol–water partition coefficient (Wildman–Crippen LogP) is 5.63. The molecule has 0 saturated heterocycles. The molecule has 1 saturated carbocycles. The molecule has 3 heteroatoms. The second-order valence-electron chi connectivity index (χ2n) is 8.07. The van der Waals surface area contributed by atoms with Crippen LogP contribution in [0.4, 0.5) is 0 Å². The van der Waals surface area contributed by atoms with Crippen LogP contribution in [0, 0.1) is 6.92 Å². The number of fused-ring (bicyclic) bond motifs is 1. The highest BCUT2D eigenvalue weighted by Gasteiger charge is 2.37. The Morgan fingerprint density at radius 2 is 1.96 bits per heavy atom. The SMILES string of the molecule is CCCCC1(N(C)C)CCC(c2[nH]c3ccc(OC)cc3c2C)CC1. The number of nitrogens with zero attached hydrogens (tertiary/aromatic N) is 1. The van der Waals surface area contributed by atoms with Crippen molar-refractivity contribution < 1.29 is 4.74 Å². The zero-order valence-corrected chi connectivity index (χ0v) is 16.6. The lowest BCUT2D eigenvalue weighted by molar-refractivity contribution is 0.0802. The summed E-state index contributed by atoms with van der Waals surface area (Å²) < 4.78 is 5.40. The first-order valence-electron chi connectivity index (χ1n) is 9.84. The number of unbranched alkanes of at least 4 members (excludes halogenated alkanes) is 1. The Labute approximate surface area is 152 Å². The number of ether oxygens (including phenoxy) is 1. The number of aromatic nitrogens is 1. The molecule has 3 rings (SSSR count). The van der Waals surface area contributed by atoms with Crippen molar-refractivity contribution in [2.24, 2.45) is 0 Å². The van der Waals surface area contributed by atoms with Gasteiger partial charge in [0.15, 0.2) is 0 Å². The molecule has 1 heterocycles. The Morgan fingerprint density at radius 1 is 1.24 bits per heavy atom. The third kappa shape index (κ3) is 3.44. The lowest BCUT2D eigenvalue weighted by atomic mass is 9.72. The summed E-state index contributed by atoms with van der Waals surface area (Å²) in [4.78, 5) is 6.22. The molecule has 0 atom stereocenters. The minimum Gasteiger partial charge on any atom is -0.497 e. The fraction of sp³-hybridized carbons (Fsp3) is 0.636. The molecule has 0 aliphatic heterocycles. The van der Waals surface area contributed by atoms with Gasteiger partial charge in [-0.25, -0.2) is 0 Å². The van der Waals surface area contributed by atoms with E-state index in [0.29, 0.717) is 11.5 Å². The number of methoxy groups -OCH3 is 1. The Hall–Kier alpha value is -1.48. The van der Waals surface area contributed by atoms with Crippen molar-refractivity contribution in [2.75, 3.05) is 21.2 Å². The highest BCUT2D eigenvalue weighted by molar-refractivity contribution is 5.86. The van der Waals surface area contributed by atoms with Crippen molar-refractivity contribution in [1.29, 1.82) is 0 Å². The second kappa shape index (κ2) is 7.41. The fourth-order valence-corrected chi connectivity index (χ4v) is 4.73. The molecular formula is C22H34N2O. The topological polar surface area (TPSA) is 28.3 Å². The summed E-state index contributed by atoms with van der Waals surface area (Å²) in [5.41, 5.74) is 4.51. The van der Waals surface area contributed by atoms with Crippen LogP contribution in [-0.2, 0) is 0 Å². The van der Waals surface area contributed by atoms with Gasteiger partial charge in [-0.05, 0) is 82.8 Å². The van der Waals surface area contributed by atoms with Crippen LogP contribution >= 0.6 is 0 Å². The van der Waals surface area contributed by atoms with Crippen LogP contribution in [0.1, 0.15) is 69.0 Å². The van der Waals surface area contributed by atoms with Crippen LogP contribution in [0.2, 0.25) is 0 Å². The van der Waals surface area contributed by atoms with Gasteiger partial charge in [0.1, 0.15) is 5.75 Å². The van der Waals surface area contributed by atoms with E-state index >= 15 is 0 Å². The maximum atomic E-state index is 5.40. The molecule has 3 nitrogen and oxygen atoms in total. The number of nitrogens with one attached hydrogen (secondary N) is 1. The Morgan fingerprint density at radius 3 is 2.56 bits per heavy atom. The number of aromatic amines is 1. The lowest BCUT2D eigenvalue weighted by Crippen LogP contribution is -2.46. The van der Waals surface area contributed by atoms with Crippen molar-refractivity contribution in [2.45, 2.75) is 70.3 Å². The summed E-state index contributed by atoms with van der Waals surface area (Å²) >= 11 is 0. The first-order valence-corrected chi connectivity index (χ1v) is 9.84. The second-order valence-corrected chi connectivity index (χ2v) is 8.07. The average molecular weight is 343 g/mol. The Kier molecular flexibility index (Phi) is 5.43. The highest BCUT2D eigenvalue weighted by Crippen LogP contribution is 2.44. The van der Waals surface area contributed by atoms with Crippen molar-refractivity contribution in [3.63, 3.8) is 0 Å². The fourth-order valence-electron chi connectivity index (χ4n) is 4.73. The van der Waals surface area contributed by atoms with E-state index in [-0.39, 0.29) is 0 Å². The maximum Gasteiger partial charge on any atom is 0.119 e. The molecule has 1 aliphatic carbocycles. The minimum atomic E-state index is 0.412. The third-order valence-electron chi connectivity index (χ3n) is 6.57. The van der Waals surface area contributed by atoms with E-state index in [1.54, 1.807) is 7.11 Å². The minimum absolute atomic E-state index is 0.412. The van der Waals surface area contributed by atoms with E-state index in [1.165, 1.54) is 67.1 Å². The average Bonchev–Trinajstić information content (AvgIpc) is 2.96. The van der Waals surface area contributed by atoms with Gasteiger partial charge >= 0.3 is 0 Å². The molecule has 0 unspecified atom stereocenters. The van der Waals surface area contributed by atoms with E-state index in [4.69, 9.17) is 4.74 Å². The molecule has 1 N–H and O–H groups in total. The number of benzene rings is 1. The van der Waals surface area contributed by atoms with Crippen LogP contribution < -0.4 is 4.74 Å². The summed E-state index contributed by atoms with van der Waals surface area (Å²) in [5, 5.41) is 1.31. The normalized spacial score (nSPS) is 24.2. The molecule has 1 aromatic heterocycles. The molecular weight excluding hydrogens is 308 g/mol. The van der Waals surface area contributed by atoms with Gasteiger partial charge in [-0.3, -0.25) is 0 Å². The number of H-pyrrole nitrogens is 1. The number of aryl methyl sites for hydroxylation is 1. The van der Waals surface area contributed by atoms with Crippen LogP contribution in [0.15, 0.2) is 18.2 Å². The molecule has 1 aliphatic rings. The lowest BCUT2D eigenvalue weighted by Gasteiger charge is -2.45. The highest BCUT2D eigenvalue weighted by atomic mass is 16.5. The number of hydrogen-bond donors (Lipinski definition) is 1. The summed E-state index contributed by atoms with van der Waals surface area (Å²) in [6.07, 6.45) is 9.16. The molecule has 2 aromatic rings. The zero-order chi connectivity index (χ0) is 18.0.